The third-order valence-electron chi connectivity index (χ3n) is 2.91. The van der Waals surface area contributed by atoms with E-state index >= 15 is 0 Å². The first-order chi connectivity index (χ1) is 6.29. The highest BCUT2D eigenvalue weighted by molar-refractivity contribution is 4.95. The van der Waals surface area contributed by atoms with Crippen molar-refractivity contribution in [2.75, 3.05) is 0 Å². The molecule has 0 aromatic carbocycles. The Kier molecular flexibility index (Phi) is 2.36. The molecule has 3 nitrogen and oxygen atoms in total. The van der Waals surface area contributed by atoms with Crippen molar-refractivity contribution in [3.05, 3.63) is 18.2 Å². The van der Waals surface area contributed by atoms with Gasteiger partial charge in [0.15, 0.2) is 0 Å². The van der Waals surface area contributed by atoms with Gasteiger partial charge in [-0.2, -0.15) is 0 Å². The van der Waals surface area contributed by atoms with Gasteiger partial charge in [0.2, 0.25) is 0 Å². The molecule has 1 aromatic rings. The maximum absolute atomic E-state index is 9.82. The molecule has 1 N–H and O–H groups in total. The standard InChI is InChI=1S/C10H16N2O/c1-8-11-6-7-12(8)9-4-2-3-5-10(9)13/h6-7,9-10,13H,2-5H2,1H3/t9?,10-/m0/s1. The molecule has 0 saturated heterocycles. The SMILES string of the molecule is Cc1nccn1C1CCCC[C@@H]1O. The van der Waals surface area contributed by atoms with E-state index in [9.17, 15) is 5.11 Å². The lowest BCUT2D eigenvalue weighted by Gasteiger charge is -2.29. The molecule has 13 heavy (non-hydrogen) atoms. The zero-order valence-corrected chi connectivity index (χ0v) is 7.98. The van der Waals surface area contributed by atoms with Gasteiger partial charge in [-0.15, -0.1) is 0 Å². The maximum Gasteiger partial charge on any atom is 0.105 e. The van der Waals surface area contributed by atoms with E-state index in [1.54, 1.807) is 6.20 Å². The van der Waals surface area contributed by atoms with Crippen LogP contribution in [0.1, 0.15) is 37.5 Å². The van der Waals surface area contributed by atoms with Crippen molar-refractivity contribution in [2.24, 2.45) is 0 Å². The third-order valence-corrected chi connectivity index (χ3v) is 2.91. The van der Waals surface area contributed by atoms with Gasteiger partial charge in [-0.3, -0.25) is 0 Å². The summed E-state index contributed by atoms with van der Waals surface area (Å²) < 4.78 is 2.10. The highest BCUT2D eigenvalue weighted by atomic mass is 16.3. The van der Waals surface area contributed by atoms with Crippen LogP contribution < -0.4 is 0 Å². The Morgan fingerprint density at radius 3 is 2.85 bits per heavy atom. The molecule has 1 fully saturated rings. The number of rotatable bonds is 1. The smallest absolute Gasteiger partial charge is 0.105 e. The lowest BCUT2D eigenvalue weighted by atomic mass is 9.92. The summed E-state index contributed by atoms with van der Waals surface area (Å²) in [5.74, 6) is 1.01. The quantitative estimate of drug-likeness (QED) is 0.713. The van der Waals surface area contributed by atoms with E-state index in [0.29, 0.717) is 0 Å². The van der Waals surface area contributed by atoms with Gasteiger partial charge in [0.05, 0.1) is 12.1 Å². The zero-order chi connectivity index (χ0) is 9.26. The van der Waals surface area contributed by atoms with Gasteiger partial charge in [-0.1, -0.05) is 12.8 Å². The van der Waals surface area contributed by atoms with Crippen LogP contribution in [-0.2, 0) is 0 Å². The minimum Gasteiger partial charge on any atom is -0.391 e. The first-order valence-electron chi connectivity index (χ1n) is 4.96. The highest BCUT2D eigenvalue weighted by Gasteiger charge is 2.24. The fourth-order valence-electron chi connectivity index (χ4n) is 2.15. The van der Waals surface area contributed by atoms with Crippen LogP contribution in [0.15, 0.2) is 12.4 Å². The second-order valence-electron chi connectivity index (χ2n) is 3.80. The molecule has 1 aliphatic rings. The molecule has 2 rings (SSSR count). The number of hydrogen-bond acceptors (Lipinski definition) is 2. The van der Waals surface area contributed by atoms with Crippen molar-refractivity contribution >= 4 is 0 Å². The number of aryl methyl sites for hydroxylation is 1. The molecule has 0 amide bonds. The predicted octanol–water partition coefficient (Wildman–Crippen LogP) is 1.67. The van der Waals surface area contributed by atoms with Gasteiger partial charge in [0.25, 0.3) is 0 Å². The summed E-state index contributed by atoms with van der Waals surface area (Å²) in [4.78, 5) is 4.18. The van der Waals surface area contributed by atoms with Crippen molar-refractivity contribution in [3.63, 3.8) is 0 Å². The van der Waals surface area contributed by atoms with Crippen molar-refractivity contribution in [2.45, 2.75) is 44.8 Å². The molecular formula is C10H16N2O. The van der Waals surface area contributed by atoms with Crippen LogP contribution >= 0.6 is 0 Å². The zero-order valence-electron chi connectivity index (χ0n) is 7.98. The number of aliphatic hydroxyl groups excluding tert-OH is 1. The van der Waals surface area contributed by atoms with Gasteiger partial charge >= 0.3 is 0 Å². The lowest BCUT2D eigenvalue weighted by Crippen LogP contribution is -2.27. The molecule has 2 atom stereocenters. The Balaban J connectivity index is 2.19. The molecule has 3 heteroatoms. The monoisotopic (exact) mass is 180 g/mol. The minimum absolute atomic E-state index is 0.179. The second-order valence-corrected chi connectivity index (χ2v) is 3.80. The molecule has 0 radical (unpaired) electrons. The first kappa shape index (κ1) is 8.75. The van der Waals surface area contributed by atoms with Crippen LogP contribution in [-0.4, -0.2) is 20.8 Å². The largest absolute Gasteiger partial charge is 0.391 e. The molecule has 0 aliphatic heterocycles. The van der Waals surface area contributed by atoms with E-state index in [1.165, 1.54) is 6.42 Å². The molecule has 1 saturated carbocycles. The van der Waals surface area contributed by atoms with Gasteiger partial charge < -0.3 is 9.67 Å². The van der Waals surface area contributed by atoms with Crippen LogP contribution in [0.25, 0.3) is 0 Å². The van der Waals surface area contributed by atoms with E-state index in [4.69, 9.17) is 0 Å². The molecule has 0 spiro atoms. The van der Waals surface area contributed by atoms with Crippen LogP contribution in [0.3, 0.4) is 0 Å². The number of nitrogens with zero attached hydrogens (tertiary/aromatic N) is 2. The summed E-state index contributed by atoms with van der Waals surface area (Å²) in [5.41, 5.74) is 0. The summed E-state index contributed by atoms with van der Waals surface area (Å²) in [6.45, 7) is 1.99. The van der Waals surface area contributed by atoms with Crippen molar-refractivity contribution in [3.8, 4) is 0 Å². The Labute approximate surface area is 78.4 Å². The van der Waals surface area contributed by atoms with Crippen LogP contribution in [0.5, 0.6) is 0 Å². The molecule has 1 unspecified atom stereocenters. The Bertz CT molecular complexity index is 282. The van der Waals surface area contributed by atoms with Gasteiger partial charge in [0.1, 0.15) is 5.82 Å². The maximum atomic E-state index is 9.82. The van der Waals surface area contributed by atoms with Crippen LogP contribution in [0.4, 0.5) is 0 Å². The van der Waals surface area contributed by atoms with E-state index in [-0.39, 0.29) is 12.1 Å². The number of aromatic nitrogens is 2. The molecule has 72 valence electrons. The first-order valence-corrected chi connectivity index (χ1v) is 4.96. The minimum atomic E-state index is -0.179. The van der Waals surface area contributed by atoms with E-state index in [1.807, 2.05) is 13.1 Å². The van der Waals surface area contributed by atoms with E-state index in [0.717, 1.165) is 25.1 Å². The third kappa shape index (κ3) is 1.61. The fourth-order valence-corrected chi connectivity index (χ4v) is 2.15. The Hall–Kier alpha value is -0.830. The highest BCUT2D eigenvalue weighted by Crippen LogP contribution is 2.29. The van der Waals surface area contributed by atoms with E-state index in [2.05, 4.69) is 9.55 Å². The topological polar surface area (TPSA) is 38.0 Å². The van der Waals surface area contributed by atoms with Crippen LogP contribution in [0.2, 0.25) is 0 Å². The normalized spacial score (nSPS) is 29.1. The summed E-state index contributed by atoms with van der Waals surface area (Å²) in [5, 5.41) is 9.82. The summed E-state index contributed by atoms with van der Waals surface area (Å²) in [7, 11) is 0. The molecule has 1 aliphatic carbocycles. The molecule has 1 aromatic heterocycles. The summed E-state index contributed by atoms with van der Waals surface area (Å²) in [6.07, 6.45) is 7.98. The molecule has 1 heterocycles. The second kappa shape index (κ2) is 3.50. The van der Waals surface area contributed by atoms with Gasteiger partial charge in [-0.05, 0) is 19.8 Å². The van der Waals surface area contributed by atoms with E-state index < -0.39 is 0 Å². The number of aliphatic hydroxyl groups is 1. The predicted molar refractivity (Wildman–Crippen MR) is 50.5 cm³/mol. The van der Waals surface area contributed by atoms with Gasteiger partial charge in [0, 0.05) is 12.4 Å². The average Bonchev–Trinajstić information content (AvgIpc) is 2.52. The lowest BCUT2D eigenvalue weighted by molar-refractivity contribution is 0.0744. The van der Waals surface area contributed by atoms with Crippen molar-refractivity contribution in [1.29, 1.82) is 0 Å². The van der Waals surface area contributed by atoms with Gasteiger partial charge in [-0.25, -0.2) is 4.98 Å². The Morgan fingerprint density at radius 2 is 2.23 bits per heavy atom. The number of hydrogen-bond donors (Lipinski definition) is 1. The number of imidazole rings is 1. The fraction of sp³-hybridized carbons (Fsp3) is 0.700. The molecule has 0 bridgehead atoms. The summed E-state index contributed by atoms with van der Waals surface area (Å²) in [6, 6.07) is 0.260. The molecular weight excluding hydrogens is 164 g/mol. The van der Waals surface area contributed by atoms with Crippen molar-refractivity contribution in [1.82, 2.24) is 9.55 Å². The van der Waals surface area contributed by atoms with Crippen LogP contribution in [0, 0.1) is 6.92 Å². The summed E-state index contributed by atoms with van der Waals surface area (Å²) >= 11 is 0. The average molecular weight is 180 g/mol. The van der Waals surface area contributed by atoms with Crippen molar-refractivity contribution < 1.29 is 5.11 Å². The Morgan fingerprint density at radius 1 is 1.46 bits per heavy atom.